The molecule has 1 atom stereocenters. The standard InChI is InChI=1S/C16H27N3OS/c1-12-13(2)19(14-6-3-4-7-14)16(21)18(12)11-17-9-5-8-15(20)10-17/h14-15,20H,3-11H2,1-2H3/t15-/m1/s1. The highest BCUT2D eigenvalue weighted by molar-refractivity contribution is 7.71. The highest BCUT2D eigenvalue weighted by atomic mass is 32.1. The molecule has 4 nitrogen and oxygen atoms in total. The largest absolute Gasteiger partial charge is 0.392 e. The number of hydrogen-bond donors (Lipinski definition) is 1. The van der Waals surface area contributed by atoms with Gasteiger partial charge in [-0.05, 0) is 51.7 Å². The van der Waals surface area contributed by atoms with Gasteiger partial charge in [-0.15, -0.1) is 0 Å². The first-order chi connectivity index (χ1) is 10.1. The van der Waals surface area contributed by atoms with Crippen LogP contribution in [0.2, 0.25) is 0 Å². The van der Waals surface area contributed by atoms with Gasteiger partial charge in [-0.1, -0.05) is 12.8 Å². The second-order valence-corrected chi connectivity index (χ2v) is 7.07. The van der Waals surface area contributed by atoms with Crippen LogP contribution in [0.25, 0.3) is 0 Å². The van der Waals surface area contributed by atoms with Gasteiger partial charge < -0.3 is 14.2 Å². The van der Waals surface area contributed by atoms with Crippen molar-refractivity contribution in [2.45, 2.75) is 71.2 Å². The smallest absolute Gasteiger partial charge is 0.181 e. The maximum Gasteiger partial charge on any atom is 0.181 e. The van der Waals surface area contributed by atoms with E-state index in [1.54, 1.807) is 0 Å². The summed E-state index contributed by atoms with van der Waals surface area (Å²) in [6.07, 6.45) is 7.02. The number of piperidine rings is 1. The van der Waals surface area contributed by atoms with Gasteiger partial charge in [-0.3, -0.25) is 4.90 Å². The molecule has 1 aromatic heterocycles. The lowest BCUT2D eigenvalue weighted by Gasteiger charge is -2.30. The minimum Gasteiger partial charge on any atom is -0.392 e. The first-order valence-electron chi connectivity index (χ1n) is 8.26. The molecule has 0 radical (unpaired) electrons. The van der Waals surface area contributed by atoms with Crippen LogP contribution in [0.4, 0.5) is 0 Å². The van der Waals surface area contributed by atoms with E-state index in [9.17, 15) is 5.11 Å². The van der Waals surface area contributed by atoms with Gasteiger partial charge in [0.05, 0.1) is 12.8 Å². The molecule has 21 heavy (non-hydrogen) atoms. The summed E-state index contributed by atoms with van der Waals surface area (Å²) in [5, 5.41) is 9.85. The second-order valence-electron chi connectivity index (χ2n) is 6.70. The third-order valence-corrected chi connectivity index (χ3v) is 5.66. The number of hydrogen-bond acceptors (Lipinski definition) is 3. The molecule has 2 fully saturated rings. The molecule has 0 bridgehead atoms. The first kappa shape index (κ1) is 15.3. The Hall–Kier alpha value is -0.650. The Labute approximate surface area is 132 Å². The number of rotatable bonds is 3. The first-order valence-corrected chi connectivity index (χ1v) is 8.67. The van der Waals surface area contributed by atoms with Crippen LogP contribution in [0.15, 0.2) is 0 Å². The highest BCUT2D eigenvalue weighted by Crippen LogP contribution is 2.32. The van der Waals surface area contributed by atoms with Crippen molar-refractivity contribution in [3.63, 3.8) is 0 Å². The Bertz CT molecular complexity index is 557. The topological polar surface area (TPSA) is 33.3 Å². The van der Waals surface area contributed by atoms with Crippen LogP contribution in [0.3, 0.4) is 0 Å². The Morgan fingerprint density at radius 2 is 1.81 bits per heavy atom. The minimum absolute atomic E-state index is 0.175. The molecule has 1 N–H and O–H groups in total. The number of aliphatic hydroxyl groups is 1. The highest BCUT2D eigenvalue weighted by Gasteiger charge is 2.24. The van der Waals surface area contributed by atoms with Gasteiger partial charge in [0.2, 0.25) is 0 Å². The van der Waals surface area contributed by atoms with Crippen molar-refractivity contribution >= 4 is 12.2 Å². The van der Waals surface area contributed by atoms with Gasteiger partial charge in [0, 0.05) is 30.5 Å². The van der Waals surface area contributed by atoms with E-state index in [4.69, 9.17) is 12.2 Å². The molecule has 1 saturated carbocycles. The number of likely N-dealkylation sites (tertiary alicyclic amines) is 1. The van der Waals surface area contributed by atoms with Crippen molar-refractivity contribution in [1.29, 1.82) is 0 Å². The fourth-order valence-electron chi connectivity index (χ4n) is 3.91. The van der Waals surface area contributed by atoms with E-state index in [1.807, 2.05) is 0 Å². The Morgan fingerprint density at radius 1 is 1.10 bits per heavy atom. The van der Waals surface area contributed by atoms with E-state index in [2.05, 4.69) is 27.9 Å². The average Bonchev–Trinajstić information content (AvgIpc) is 3.03. The van der Waals surface area contributed by atoms with Crippen LogP contribution in [0, 0.1) is 18.6 Å². The molecule has 0 amide bonds. The molecule has 2 heterocycles. The van der Waals surface area contributed by atoms with Gasteiger partial charge in [0.1, 0.15) is 0 Å². The van der Waals surface area contributed by atoms with Crippen molar-refractivity contribution in [3.8, 4) is 0 Å². The fourth-order valence-corrected chi connectivity index (χ4v) is 4.39. The molecule has 1 aliphatic carbocycles. The zero-order valence-corrected chi connectivity index (χ0v) is 14.0. The zero-order chi connectivity index (χ0) is 15.0. The summed E-state index contributed by atoms with van der Waals surface area (Å²) < 4.78 is 5.62. The van der Waals surface area contributed by atoms with E-state index in [0.717, 1.165) is 37.4 Å². The third-order valence-electron chi connectivity index (χ3n) is 5.24. The molecule has 0 aromatic carbocycles. The lowest BCUT2D eigenvalue weighted by Crippen LogP contribution is -2.39. The van der Waals surface area contributed by atoms with Gasteiger partial charge in [-0.25, -0.2) is 0 Å². The molecular formula is C16H27N3OS. The zero-order valence-electron chi connectivity index (χ0n) is 13.2. The number of aromatic nitrogens is 2. The van der Waals surface area contributed by atoms with Crippen molar-refractivity contribution < 1.29 is 5.11 Å². The maximum absolute atomic E-state index is 9.85. The van der Waals surface area contributed by atoms with Crippen molar-refractivity contribution in [1.82, 2.24) is 14.0 Å². The Kier molecular flexibility index (Phi) is 4.52. The molecule has 1 aromatic rings. The van der Waals surface area contributed by atoms with Crippen LogP contribution in [-0.4, -0.2) is 38.3 Å². The molecular weight excluding hydrogens is 282 g/mol. The summed E-state index contributed by atoms with van der Waals surface area (Å²) in [4.78, 5) is 2.33. The molecule has 3 rings (SSSR count). The van der Waals surface area contributed by atoms with Crippen molar-refractivity contribution in [2.24, 2.45) is 0 Å². The lowest BCUT2D eigenvalue weighted by molar-refractivity contribution is 0.0535. The number of nitrogens with zero attached hydrogens (tertiary/aromatic N) is 3. The molecule has 1 aliphatic heterocycles. The minimum atomic E-state index is -0.175. The molecule has 0 unspecified atom stereocenters. The normalized spacial score (nSPS) is 24.8. The van der Waals surface area contributed by atoms with Gasteiger partial charge >= 0.3 is 0 Å². The fraction of sp³-hybridized carbons (Fsp3) is 0.812. The quantitative estimate of drug-likeness (QED) is 0.871. The Morgan fingerprint density at radius 3 is 2.48 bits per heavy atom. The molecule has 5 heteroatoms. The van der Waals surface area contributed by atoms with Crippen molar-refractivity contribution in [3.05, 3.63) is 16.2 Å². The van der Waals surface area contributed by atoms with Gasteiger partial charge in [0.15, 0.2) is 4.77 Å². The van der Waals surface area contributed by atoms with E-state index in [0.29, 0.717) is 6.04 Å². The lowest BCUT2D eigenvalue weighted by atomic mass is 10.1. The van der Waals surface area contributed by atoms with Crippen molar-refractivity contribution in [2.75, 3.05) is 13.1 Å². The van der Waals surface area contributed by atoms with Gasteiger partial charge in [-0.2, -0.15) is 0 Å². The predicted molar refractivity (Wildman–Crippen MR) is 87.0 cm³/mol. The summed E-state index contributed by atoms with van der Waals surface area (Å²) in [5.74, 6) is 0. The van der Waals surface area contributed by atoms with E-state index in [1.165, 1.54) is 37.1 Å². The second kappa shape index (κ2) is 6.23. The summed E-state index contributed by atoms with van der Waals surface area (Å²) in [6.45, 7) is 7.03. The van der Waals surface area contributed by atoms with Gasteiger partial charge in [0.25, 0.3) is 0 Å². The monoisotopic (exact) mass is 309 g/mol. The number of β-amino-alcohol motifs (C(OH)–C–C–N with tert-alkyl or cyclic N) is 1. The Balaban J connectivity index is 1.85. The predicted octanol–water partition coefficient (Wildman–Crippen LogP) is 3.17. The van der Waals surface area contributed by atoms with Crippen LogP contribution in [0.1, 0.15) is 56.0 Å². The summed E-state index contributed by atoms with van der Waals surface area (Å²) >= 11 is 5.77. The molecule has 0 spiro atoms. The summed E-state index contributed by atoms with van der Waals surface area (Å²) in [5.41, 5.74) is 2.61. The molecule has 2 aliphatic rings. The third kappa shape index (κ3) is 2.96. The van der Waals surface area contributed by atoms with E-state index < -0.39 is 0 Å². The van der Waals surface area contributed by atoms with E-state index in [-0.39, 0.29) is 6.10 Å². The van der Waals surface area contributed by atoms with E-state index >= 15 is 0 Å². The average molecular weight is 309 g/mol. The SMILES string of the molecule is Cc1c(C)n(C2CCCC2)c(=S)n1CN1CCC[C@@H](O)C1. The number of aliphatic hydroxyl groups excluding tert-OH is 1. The van der Waals surface area contributed by atoms with Crippen LogP contribution in [0.5, 0.6) is 0 Å². The molecule has 1 saturated heterocycles. The van der Waals surface area contributed by atoms with Crippen LogP contribution >= 0.6 is 12.2 Å². The number of imidazole rings is 1. The van der Waals surface area contributed by atoms with Crippen LogP contribution in [-0.2, 0) is 6.67 Å². The summed E-state index contributed by atoms with van der Waals surface area (Å²) in [6, 6.07) is 0.601. The van der Waals surface area contributed by atoms with Crippen LogP contribution < -0.4 is 0 Å². The maximum atomic E-state index is 9.85. The molecule has 118 valence electrons. The summed E-state index contributed by atoms with van der Waals surface area (Å²) in [7, 11) is 0.